The molecule has 4 heteroatoms. The molecule has 0 spiro atoms. The summed E-state index contributed by atoms with van der Waals surface area (Å²) in [6, 6.07) is 5.50. The van der Waals surface area contributed by atoms with Crippen molar-refractivity contribution in [3.63, 3.8) is 0 Å². The fourth-order valence-electron chi connectivity index (χ4n) is 6.32. The maximum absolute atomic E-state index is 11.7. The first-order valence-corrected chi connectivity index (χ1v) is 9.48. The van der Waals surface area contributed by atoms with Gasteiger partial charge in [0.05, 0.1) is 6.10 Å². The molecule has 0 aliphatic heterocycles. The van der Waals surface area contributed by atoms with Crippen LogP contribution in [0.5, 0.6) is 5.75 Å². The van der Waals surface area contributed by atoms with Crippen molar-refractivity contribution in [2.45, 2.75) is 63.6 Å². The number of phenols is 1. The quantitative estimate of drug-likeness (QED) is 0.601. The third-order valence-electron chi connectivity index (χ3n) is 7.36. The van der Waals surface area contributed by atoms with Gasteiger partial charge >= 0.3 is 5.97 Å². The molecule has 3 aliphatic rings. The molecule has 1 aromatic rings. The van der Waals surface area contributed by atoms with E-state index in [0.29, 0.717) is 24.7 Å². The van der Waals surface area contributed by atoms with E-state index in [9.17, 15) is 15.0 Å². The molecule has 0 amide bonds. The van der Waals surface area contributed by atoms with E-state index in [4.69, 9.17) is 11.2 Å². The molecular weight excluding hydrogens is 328 g/mol. The molecule has 0 saturated heterocycles. The number of aliphatic hydroxyl groups is 1. The van der Waals surface area contributed by atoms with Crippen LogP contribution in [0.2, 0.25) is 0 Å². The lowest BCUT2D eigenvalue weighted by atomic mass is 9.52. The molecule has 3 aliphatic carbocycles. The van der Waals surface area contributed by atoms with E-state index >= 15 is 0 Å². The molecule has 0 radical (unpaired) electrons. The Hall–Kier alpha value is -1.99. The molecule has 0 heterocycles. The summed E-state index contributed by atoms with van der Waals surface area (Å²) in [4.78, 5) is 11.7. The van der Waals surface area contributed by atoms with E-state index in [-0.39, 0.29) is 17.6 Å². The van der Waals surface area contributed by atoms with Crippen LogP contribution in [0.15, 0.2) is 18.2 Å². The fourth-order valence-corrected chi connectivity index (χ4v) is 6.32. The molecule has 4 nitrogen and oxygen atoms in total. The number of aryl methyl sites for hydroxylation is 1. The van der Waals surface area contributed by atoms with Crippen LogP contribution in [0.1, 0.15) is 56.6 Å². The van der Waals surface area contributed by atoms with E-state index in [1.807, 2.05) is 12.1 Å². The second-order valence-corrected chi connectivity index (χ2v) is 8.51. The molecule has 0 unspecified atom stereocenters. The van der Waals surface area contributed by atoms with Gasteiger partial charge in [0.2, 0.25) is 0 Å². The lowest BCUT2D eigenvalue weighted by Crippen LogP contribution is -2.55. The molecule has 2 N–H and O–H groups in total. The summed E-state index contributed by atoms with van der Waals surface area (Å²) in [5, 5.41) is 20.9. The number of esters is 1. The van der Waals surface area contributed by atoms with Gasteiger partial charge in [0.1, 0.15) is 5.75 Å². The van der Waals surface area contributed by atoms with Crippen LogP contribution in [-0.2, 0) is 16.0 Å². The number of ether oxygens (including phenoxy) is 1. The minimum atomic E-state index is -0.926. The van der Waals surface area contributed by atoms with Crippen molar-refractivity contribution in [2.24, 2.45) is 17.3 Å². The number of carbonyl (C=O) groups is 1. The molecule has 0 aromatic heterocycles. The zero-order valence-corrected chi connectivity index (χ0v) is 15.4. The number of rotatable bonds is 1. The van der Waals surface area contributed by atoms with E-state index in [2.05, 4.69) is 12.8 Å². The third-order valence-corrected chi connectivity index (χ3v) is 7.36. The average molecular weight is 354 g/mol. The minimum Gasteiger partial charge on any atom is -0.508 e. The van der Waals surface area contributed by atoms with Gasteiger partial charge in [-0.25, -0.2) is 0 Å². The molecule has 0 bridgehead atoms. The van der Waals surface area contributed by atoms with Gasteiger partial charge in [-0.1, -0.05) is 18.9 Å². The topological polar surface area (TPSA) is 66.8 Å². The van der Waals surface area contributed by atoms with Crippen molar-refractivity contribution in [3.05, 3.63) is 29.3 Å². The van der Waals surface area contributed by atoms with Gasteiger partial charge in [-0.2, -0.15) is 0 Å². The van der Waals surface area contributed by atoms with Crippen LogP contribution in [-0.4, -0.2) is 27.9 Å². The summed E-state index contributed by atoms with van der Waals surface area (Å²) in [6.07, 6.45) is 9.28. The molecule has 4 rings (SSSR count). The number of hydrogen-bond acceptors (Lipinski definition) is 4. The number of benzene rings is 1. The summed E-state index contributed by atoms with van der Waals surface area (Å²) in [5.41, 5.74) is 0.946. The van der Waals surface area contributed by atoms with E-state index in [1.165, 1.54) is 6.92 Å². The zero-order valence-electron chi connectivity index (χ0n) is 15.4. The van der Waals surface area contributed by atoms with Gasteiger partial charge in [-0.05, 0) is 67.2 Å². The van der Waals surface area contributed by atoms with Crippen molar-refractivity contribution < 1.29 is 19.7 Å². The number of carbonyl (C=O) groups excluding carboxylic acids is 1. The fraction of sp³-hybridized carbons (Fsp3) is 0.591. The Morgan fingerprint density at radius 1 is 1.38 bits per heavy atom. The summed E-state index contributed by atoms with van der Waals surface area (Å²) in [7, 11) is 0. The zero-order chi connectivity index (χ0) is 18.7. The Morgan fingerprint density at radius 2 is 2.15 bits per heavy atom. The van der Waals surface area contributed by atoms with Crippen LogP contribution in [0.4, 0.5) is 0 Å². The van der Waals surface area contributed by atoms with Gasteiger partial charge in [0.15, 0.2) is 5.60 Å². The average Bonchev–Trinajstić information content (AvgIpc) is 2.86. The predicted molar refractivity (Wildman–Crippen MR) is 97.4 cm³/mol. The number of phenolic OH excluding ortho intramolecular Hbond substituents is 1. The van der Waals surface area contributed by atoms with Crippen molar-refractivity contribution in [2.75, 3.05) is 0 Å². The Kier molecular flexibility index (Phi) is 3.86. The standard InChI is InChI=1S/C22H26O4/c1-4-22(26-13(2)23)10-9-18-17-7-5-14-11-15(24)6-8-16(14)20(17)19(25)12-21(18,22)3/h1,6,8,11,17-20,24-25H,5,7,9-10,12H2,2-3H3/t17-,18-,19+,20+,21+,22+/m1/s1. The van der Waals surface area contributed by atoms with Crippen molar-refractivity contribution in [1.29, 1.82) is 0 Å². The van der Waals surface area contributed by atoms with Crippen LogP contribution in [0.25, 0.3) is 0 Å². The van der Waals surface area contributed by atoms with Gasteiger partial charge in [-0.15, -0.1) is 6.42 Å². The molecular formula is C22H26O4. The summed E-state index contributed by atoms with van der Waals surface area (Å²) < 4.78 is 5.71. The van der Waals surface area contributed by atoms with Crippen LogP contribution < -0.4 is 0 Å². The largest absolute Gasteiger partial charge is 0.508 e. The second kappa shape index (κ2) is 5.76. The molecule has 6 atom stereocenters. The highest BCUT2D eigenvalue weighted by atomic mass is 16.6. The van der Waals surface area contributed by atoms with Gasteiger partial charge in [-0.3, -0.25) is 4.79 Å². The van der Waals surface area contributed by atoms with Crippen molar-refractivity contribution in [1.82, 2.24) is 0 Å². The maximum Gasteiger partial charge on any atom is 0.304 e. The highest BCUT2D eigenvalue weighted by Gasteiger charge is 2.65. The second-order valence-electron chi connectivity index (χ2n) is 8.51. The highest BCUT2D eigenvalue weighted by Crippen LogP contribution is 2.65. The first-order chi connectivity index (χ1) is 12.3. The SMILES string of the molecule is C#C[C@]1(OC(C)=O)CC[C@@H]2[C@H]3CCc4cc(O)ccc4[C@@H]3[C@@H](O)C[C@@]21C. The normalized spacial score (nSPS) is 40.7. The number of fused-ring (bicyclic) bond motifs is 5. The Bertz CT molecular complexity index is 794. The monoisotopic (exact) mass is 354 g/mol. The molecule has 26 heavy (non-hydrogen) atoms. The molecule has 2 saturated carbocycles. The number of terminal acetylenes is 1. The van der Waals surface area contributed by atoms with Crippen molar-refractivity contribution >= 4 is 5.97 Å². The predicted octanol–water partition coefficient (Wildman–Crippen LogP) is 3.15. The Morgan fingerprint density at radius 3 is 2.85 bits per heavy atom. The van der Waals surface area contributed by atoms with E-state index in [1.54, 1.807) is 6.07 Å². The number of hydrogen-bond donors (Lipinski definition) is 2. The van der Waals surface area contributed by atoms with Gasteiger partial charge in [0.25, 0.3) is 0 Å². The Balaban J connectivity index is 1.75. The van der Waals surface area contributed by atoms with Crippen LogP contribution in [0, 0.1) is 29.6 Å². The number of aliphatic hydroxyl groups excluding tert-OH is 1. The third kappa shape index (κ3) is 2.23. The lowest BCUT2D eigenvalue weighted by Gasteiger charge is -2.54. The van der Waals surface area contributed by atoms with E-state index in [0.717, 1.165) is 30.4 Å². The Labute approximate surface area is 154 Å². The molecule has 1 aromatic carbocycles. The van der Waals surface area contributed by atoms with Crippen LogP contribution >= 0.6 is 0 Å². The first kappa shape index (κ1) is 17.4. The van der Waals surface area contributed by atoms with E-state index < -0.39 is 17.1 Å². The van der Waals surface area contributed by atoms with Gasteiger partial charge in [0, 0.05) is 18.3 Å². The first-order valence-electron chi connectivity index (χ1n) is 9.48. The van der Waals surface area contributed by atoms with Crippen LogP contribution in [0.3, 0.4) is 0 Å². The summed E-state index contributed by atoms with van der Waals surface area (Å²) >= 11 is 0. The number of aromatic hydroxyl groups is 1. The summed E-state index contributed by atoms with van der Waals surface area (Å²) in [6.45, 7) is 3.50. The van der Waals surface area contributed by atoms with Crippen molar-refractivity contribution in [3.8, 4) is 18.1 Å². The van der Waals surface area contributed by atoms with Gasteiger partial charge < -0.3 is 14.9 Å². The minimum absolute atomic E-state index is 0.0586. The smallest absolute Gasteiger partial charge is 0.304 e. The molecule has 2 fully saturated rings. The summed E-state index contributed by atoms with van der Waals surface area (Å²) in [5.74, 6) is 3.41. The molecule has 138 valence electrons. The lowest BCUT2D eigenvalue weighted by molar-refractivity contribution is -0.171. The highest BCUT2D eigenvalue weighted by molar-refractivity contribution is 5.67. The maximum atomic E-state index is 11.7.